The third-order valence-electron chi connectivity index (χ3n) is 5.89. The summed E-state index contributed by atoms with van der Waals surface area (Å²) in [4.78, 5) is 14.7. The molecule has 0 bridgehead atoms. The third kappa shape index (κ3) is 6.22. The van der Waals surface area contributed by atoms with Crippen LogP contribution in [0.4, 0.5) is 0 Å². The van der Waals surface area contributed by atoms with Crippen LogP contribution in [0, 0.1) is 5.92 Å². The molecule has 1 amide bonds. The third-order valence-corrected chi connectivity index (χ3v) is 8.74. The van der Waals surface area contributed by atoms with Gasteiger partial charge in [0.2, 0.25) is 0 Å². The van der Waals surface area contributed by atoms with Gasteiger partial charge in [0, 0.05) is 36.1 Å². The maximum atomic E-state index is 13.0. The maximum absolute atomic E-state index is 13.0. The van der Waals surface area contributed by atoms with Crippen molar-refractivity contribution in [2.45, 2.75) is 70.1 Å². The number of nitrogens with zero attached hydrogens (tertiary/aromatic N) is 1. The Morgan fingerprint density at radius 1 is 1.27 bits per heavy atom. The maximum Gasteiger partial charge on any atom is 0.254 e. The molecular weight excluding hydrogens is 511 g/mol. The number of ether oxygens (including phenoxy) is 2. The van der Waals surface area contributed by atoms with Crippen molar-refractivity contribution in [1.82, 2.24) is 9.62 Å². The Bertz CT molecular complexity index is 888. The summed E-state index contributed by atoms with van der Waals surface area (Å²) in [7, 11) is 0. The highest BCUT2D eigenvalue weighted by atomic mass is 35.5. The molecule has 0 saturated carbocycles. The number of nitrogens with one attached hydrogen (secondary N) is 1. The first-order valence-corrected chi connectivity index (χ1v) is 13.1. The van der Waals surface area contributed by atoms with Crippen LogP contribution in [0.1, 0.15) is 59.1 Å². The summed E-state index contributed by atoms with van der Waals surface area (Å²) < 4.78 is 26.8. The second kappa shape index (κ2) is 10.3. The van der Waals surface area contributed by atoms with Crippen LogP contribution in [0.25, 0.3) is 0 Å². The van der Waals surface area contributed by atoms with E-state index in [1.165, 1.54) is 6.07 Å². The molecule has 2 saturated heterocycles. The van der Waals surface area contributed by atoms with Crippen molar-refractivity contribution in [1.29, 1.82) is 0 Å². The highest BCUT2D eigenvalue weighted by Gasteiger charge is 2.42. The van der Waals surface area contributed by atoms with Crippen molar-refractivity contribution in [2.75, 3.05) is 19.7 Å². The van der Waals surface area contributed by atoms with Crippen LogP contribution in [-0.2, 0) is 25.6 Å². The van der Waals surface area contributed by atoms with Crippen LogP contribution < -0.4 is 4.72 Å². The number of phenolic OH excluding ortho intramolecular Hbond substituents is 1. The fourth-order valence-electron chi connectivity index (χ4n) is 4.04. The standard InChI is InChI=1S/C22H31Cl3N2O5S/c1-21(2,3)33(30)26-19(16-14(28)10-13(23)17(24)18(16)25)12-6-8-27(9-7-12)20(29)15-11-31-22(4,5)32-15/h10,12,15,19,26,28H,6-9,11H2,1-5H3/t15?,19-,33+/m1/s1. The van der Waals surface area contributed by atoms with Crippen molar-refractivity contribution < 1.29 is 23.9 Å². The lowest BCUT2D eigenvalue weighted by molar-refractivity contribution is -0.161. The minimum absolute atomic E-state index is 0.0572. The molecule has 2 heterocycles. The Morgan fingerprint density at radius 3 is 2.39 bits per heavy atom. The molecular formula is C22H31Cl3N2O5S. The zero-order chi connectivity index (χ0) is 24.7. The highest BCUT2D eigenvalue weighted by Crippen LogP contribution is 2.45. The molecule has 3 atom stereocenters. The Hall–Kier alpha value is -0.450. The van der Waals surface area contributed by atoms with Gasteiger partial charge in [-0.05, 0) is 53.4 Å². The smallest absolute Gasteiger partial charge is 0.254 e. The minimum Gasteiger partial charge on any atom is -0.598 e. The lowest BCUT2D eigenvalue weighted by Crippen LogP contribution is -2.48. The van der Waals surface area contributed by atoms with E-state index in [1.807, 2.05) is 20.8 Å². The molecule has 0 aromatic heterocycles. The monoisotopic (exact) mass is 540 g/mol. The predicted molar refractivity (Wildman–Crippen MR) is 131 cm³/mol. The van der Waals surface area contributed by atoms with Gasteiger partial charge in [0.05, 0.1) is 27.7 Å². The molecule has 1 aromatic rings. The number of rotatable bonds is 5. The first kappa shape index (κ1) is 27.1. The van der Waals surface area contributed by atoms with Crippen LogP contribution in [0.3, 0.4) is 0 Å². The van der Waals surface area contributed by atoms with E-state index in [0.29, 0.717) is 31.5 Å². The molecule has 0 spiro atoms. The molecule has 7 nitrogen and oxygen atoms in total. The Labute approximate surface area is 213 Å². The molecule has 2 N–H and O–H groups in total. The second-order valence-corrected chi connectivity index (χ2v) is 13.0. The van der Waals surface area contributed by atoms with Crippen molar-refractivity contribution in [3.05, 3.63) is 26.7 Å². The van der Waals surface area contributed by atoms with Gasteiger partial charge in [0.15, 0.2) is 11.9 Å². The number of halogens is 3. The van der Waals surface area contributed by atoms with Crippen LogP contribution in [0.2, 0.25) is 15.1 Å². The molecule has 11 heteroatoms. The van der Waals surface area contributed by atoms with Gasteiger partial charge in [-0.15, -0.1) is 4.72 Å². The number of hydrogen-bond donors (Lipinski definition) is 2. The summed E-state index contributed by atoms with van der Waals surface area (Å²) in [5.41, 5.74) is 0.364. The van der Waals surface area contributed by atoms with E-state index in [1.54, 1.807) is 18.7 Å². The van der Waals surface area contributed by atoms with E-state index in [9.17, 15) is 14.5 Å². The van der Waals surface area contributed by atoms with Gasteiger partial charge in [0.25, 0.3) is 5.91 Å². The van der Waals surface area contributed by atoms with Gasteiger partial charge in [-0.3, -0.25) is 4.79 Å². The molecule has 0 radical (unpaired) electrons. The molecule has 33 heavy (non-hydrogen) atoms. The SMILES string of the molecule is CC1(C)OCC(C(=O)N2CCC([C@@H](N[S@@+]([O-])C(C)(C)C)c3c(O)cc(Cl)c(Cl)c3Cl)CC2)O1. The summed E-state index contributed by atoms with van der Waals surface area (Å²) in [6.45, 7) is 10.3. The van der Waals surface area contributed by atoms with Gasteiger partial charge in [0.1, 0.15) is 10.5 Å². The topological polar surface area (TPSA) is 94.1 Å². The lowest BCUT2D eigenvalue weighted by atomic mass is 9.85. The van der Waals surface area contributed by atoms with Crippen LogP contribution in [-0.4, -0.2) is 56.8 Å². The highest BCUT2D eigenvalue weighted by molar-refractivity contribution is 7.90. The Morgan fingerprint density at radius 2 is 1.88 bits per heavy atom. The number of phenols is 1. The lowest BCUT2D eigenvalue weighted by Gasteiger charge is -2.38. The Balaban J connectivity index is 1.80. The van der Waals surface area contributed by atoms with Crippen molar-refractivity contribution in [2.24, 2.45) is 5.92 Å². The largest absolute Gasteiger partial charge is 0.598 e. The molecule has 186 valence electrons. The van der Waals surface area contributed by atoms with Gasteiger partial charge < -0.3 is 24.0 Å². The number of amides is 1. The summed E-state index contributed by atoms with van der Waals surface area (Å²) in [6.07, 6.45) is 0.600. The molecule has 1 unspecified atom stereocenters. The summed E-state index contributed by atoms with van der Waals surface area (Å²) in [6, 6.07) is 0.798. The molecule has 3 rings (SSSR count). The number of likely N-dealkylation sites (tertiary alicyclic amines) is 1. The number of benzene rings is 1. The van der Waals surface area contributed by atoms with Gasteiger partial charge in [-0.2, -0.15) is 0 Å². The fourth-order valence-corrected chi connectivity index (χ4v) is 5.65. The second-order valence-electron chi connectivity index (χ2n) is 9.88. The van der Waals surface area contributed by atoms with E-state index in [0.717, 1.165) is 0 Å². The van der Waals surface area contributed by atoms with Gasteiger partial charge >= 0.3 is 0 Å². The number of piperidine rings is 1. The number of carbonyl (C=O) groups is 1. The molecule has 2 fully saturated rings. The molecule has 1 aromatic carbocycles. The summed E-state index contributed by atoms with van der Waals surface area (Å²) >= 11 is 17.4. The van der Waals surface area contributed by atoms with Crippen LogP contribution >= 0.6 is 34.8 Å². The van der Waals surface area contributed by atoms with Crippen molar-refractivity contribution in [3.8, 4) is 5.75 Å². The van der Waals surface area contributed by atoms with Crippen LogP contribution in [0.15, 0.2) is 6.07 Å². The van der Waals surface area contributed by atoms with Gasteiger partial charge in [-0.25, -0.2) is 0 Å². The molecule has 0 aliphatic carbocycles. The van der Waals surface area contributed by atoms with Crippen LogP contribution in [0.5, 0.6) is 5.75 Å². The van der Waals surface area contributed by atoms with E-state index in [-0.39, 0.29) is 39.2 Å². The van der Waals surface area contributed by atoms with Crippen molar-refractivity contribution >= 4 is 52.1 Å². The average molecular weight is 542 g/mol. The van der Waals surface area contributed by atoms with Crippen molar-refractivity contribution in [3.63, 3.8) is 0 Å². The summed E-state index contributed by atoms with van der Waals surface area (Å²) in [5.74, 6) is -1.04. The minimum atomic E-state index is -1.44. The van der Waals surface area contributed by atoms with E-state index >= 15 is 0 Å². The predicted octanol–water partition coefficient (Wildman–Crippen LogP) is 4.84. The average Bonchev–Trinajstić information content (AvgIpc) is 3.10. The molecule has 2 aliphatic heterocycles. The fraction of sp³-hybridized carbons (Fsp3) is 0.682. The van der Waals surface area contributed by atoms with E-state index in [2.05, 4.69) is 4.72 Å². The molecule has 2 aliphatic rings. The number of carbonyl (C=O) groups excluding carboxylic acids is 1. The van der Waals surface area contributed by atoms with E-state index in [4.69, 9.17) is 44.3 Å². The first-order chi connectivity index (χ1) is 15.2. The van der Waals surface area contributed by atoms with E-state index < -0.39 is 34.0 Å². The quantitative estimate of drug-likeness (QED) is 0.409. The first-order valence-electron chi connectivity index (χ1n) is 10.9. The zero-order valence-corrected chi connectivity index (χ0v) is 22.5. The summed E-state index contributed by atoms with van der Waals surface area (Å²) in [5, 5.41) is 11.1. The van der Waals surface area contributed by atoms with Gasteiger partial charge in [-0.1, -0.05) is 34.8 Å². The number of aromatic hydroxyl groups is 1. The number of hydrogen-bond acceptors (Lipinski definition) is 6. The zero-order valence-electron chi connectivity index (χ0n) is 19.4. The Kier molecular flexibility index (Phi) is 8.45. The normalized spacial score (nSPS) is 23.5.